The lowest BCUT2D eigenvalue weighted by Gasteiger charge is -2.02. The summed E-state index contributed by atoms with van der Waals surface area (Å²) in [5, 5.41) is 0. The molecule has 0 amide bonds. The van der Waals surface area contributed by atoms with Gasteiger partial charge in [0.15, 0.2) is 0 Å². The Morgan fingerprint density at radius 2 is 1.22 bits per heavy atom. The molecule has 2 nitrogen and oxygen atoms in total. The third-order valence-electron chi connectivity index (χ3n) is 3.15. The number of methoxy groups -OCH3 is 1. The van der Waals surface area contributed by atoms with E-state index in [2.05, 4.69) is 36.2 Å². The fourth-order valence-electron chi connectivity index (χ4n) is 2.24. The first-order chi connectivity index (χ1) is 11.3. The Morgan fingerprint density at radius 1 is 0.783 bits per heavy atom. The van der Waals surface area contributed by atoms with Crippen LogP contribution in [0.15, 0.2) is 54.6 Å². The monoisotopic (exact) mass is 315 g/mol. The van der Waals surface area contributed by atoms with E-state index in [1.165, 1.54) is 16.7 Å². The zero-order valence-electron chi connectivity index (χ0n) is 15.7. The quantitative estimate of drug-likeness (QED) is 0.723. The van der Waals surface area contributed by atoms with Crippen molar-refractivity contribution in [1.29, 1.82) is 0 Å². The fourth-order valence-corrected chi connectivity index (χ4v) is 2.24. The number of fused-ring (bicyclic) bond motifs is 1. The highest BCUT2D eigenvalue weighted by Gasteiger charge is 2.12. The summed E-state index contributed by atoms with van der Waals surface area (Å²) in [7, 11) is 3.85. The van der Waals surface area contributed by atoms with Gasteiger partial charge in [0, 0.05) is 20.2 Å². The summed E-state index contributed by atoms with van der Waals surface area (Å²) in [4.78, 5) is 2.32. The molecule has 0 N–H and O–H groups in total. The van der Waals surface area contributed by atoms with Gasteiger partial charge in [0.05, 0.1) is 6.61 Å². The van der Waals surface area contributed by atoms with Crippen molar-refractivity contribution in [2.24, 2.45) is 0 Å². The van der Waals surface area contributed by atoms with Crippen LogP contribution in [0.3, 0.4) is 0 Å². The fraction of sp³-hybridized carbons (Fsp3) is 0.429. The summed E-state index contributed by atoms with van der Waals surface area (Å²) >= 11 is 0. The zero-order valence-corrected chi connectivity index (χ0v) is 15.7. The van der Waals surface area contributed by atoms with E-state index in [-0.39, 0.29) is 0 Å². The molecule has 0 fully saturated rings. The lowest BCUT2D eigenvalue weighted by molar-refractivity contribution is 0.185. The van der Waals surface area contributed by atoms with Crippen LogP contribution in [0.5, 0.6) is 0 Å². The summed E-state index contributed by atoms with van der Waals surface area (Å²) in [6.07, 6.45) is 0. The Labute approximate surface area is 143 Å². The molecule has 2 heteroatoms. The molecule has 0 aromatic heterocycles. The van der Waals surface area contributed by atoms with E-state index in [1.54, 1.807) is 7.11 Å². The summed E-state index contributed by atoms with van der Waals surface area (Å²) in [5.41, 5.74) is 4.20. The average molecular weight is 316 g/mol. The van der Waals surface area contributed by atoms with Crippen molar-refractivity contribution in [1.82, 2.24) is 4.90 Å². The van der Waals surface area contributed by atoms with Crippen LogP contribution in [0, 0.1) is 0 Å². The number of ether oxygens (including phenoxy) is 1. The van der Waals surface area contributed by atoms with Crippen molar-refractivity contribution in [2.75, 3.05) is 14.2 Å². The van der Waals surface area contributed by atoms with Crippen LogP contribution in [-0.2, 0) is 24.4 Å². The molecule has 1 aliphatic heterocycles. The largest absolute Gasteiger partial charge is 0.380 e. The van der Waals surface area contributed by atoms with Gasteiger partial charge in [0.25, 0.3) is 0 Å². The van der Waals surface area contributed by atoms with Gasteiger partial charge in [-0.05, 0) is 23.7 Å². The molecule has 1 heterocycles. The second-order valence-electron chi connectivity index (χ2n) is 4.86. The average Bonchev–Trinajstić information content (AvgIpc) is 3.00. The second kappa shape index (κ2) is 14.0. The zero-order chi connectivity index (χ0) is 17.5. The second-order valence-corrected chi connectivity index (χ2v) is 4.86. The molecule has 1 aliphatic rings. The molecular weight excluding hydrogens is 282 g/mol. The topological polar surface area (TPSA) is 12.5 Å². The molecule has 3 rings (SSSR count). The Balaban J connectivity index is 0.000000349. The molecule has 2 aromatic rings. The minimum Gasteiger partial charge on any atom is -0.380 e. The van der Waals surface area contributed by atoms with E-state index >= 15 is 0 Å². The van der Waals surface area contributed by atoms with Crippen molar-refractivity contribution in [3.63, 3.8) is 0 Å². The van der Waals surface area contributed by atoms with Crippen LogP contribution in [0.1, 0.15) is 44.4 Å². The van der Waals surface area contributed by atoms with Crippen molar-refractivity contribution >= 4 is 0 Å². The molecule has 0 bridgehead atoms. The molecule has 0 radical (unpaired) electrons. The summed E-state index contributed by atoms with van der Waals surface area (Å²) in [6.45, 7) is 11.0. The first kappa shape index (κ1) is 21.4. The smallest absolute Gasteiger partial charge is 0.0713 e. The number of hydrogen-bond donors (Lipinski definition) is 0. The van der Waals surface area contributed by atoms with Gasteiger partial charge in [-0.15, -0.1) is 0 Å². The standard InChI is InChI=1S/C9H11N.C8H10O.2C2H6/c1-10-6-8-4-2-3-5-9(8)7-10;1-9-7-8-5-3-2-4-6-8;2*1-2/h2-5H,6-7H2,1H3;2-6H,7H2,1H3;2*1-2H3. The molecular formula is C21H33NO. The van der Waals surface area contributed by atoms with Crippen LogP contribution in [0.2, 0.25) is 0 Å². The molecule has 0 saturated heterocycles. The molecule has 0 atom stereocenters. The van der Waals surface area contributed by atoms with Crippen LogP contribution in [0.4, 0.5) is 0 Å². The summed E-state index contributed by atoms with van der Waals surface area (Å²) in [6, 6.07) is 18.7. The van der Waals surface area contributed by atoms with Gasteiger partial charge >= 0.3 is 0 Å². The first-order valence-electron chi connectivity index (χ1n) is 8.58. The molecule has 0 aliphatic carbocycles. The van der Waals surface area contributed by atoms with Crippen molar-refractivity contribution in [3.05, 3.63) is 71.3 Å². The minimum absolute atomic E-state index is 0.709. The molecule has 0 saturated carbocycles. The van der Waals surface area contributed by atoms with Gasteiger partial charge in [-0.3, -0.25) is 4.90 Å². The molecule has 128 valence electrons. The summed E-state index contributed by atoms with van der Waals surface area (Å²) < 4.78 is 4.93. The van der Waals surface area contributed by atoms with Crippen LogP contribution in [0.25, 0.3) is 0 Å². The van der Waals surface area contributed by atoms with Gasteiger partial charge < -0.3 is 4.74 Å². The molecule has 2 aromatic carbocycles. The maximum atomic E-state index is 4.93. The Bertz CT molecular complexity index is 471. The van der Waals surface area contributed by atoms with Crippen molar-refractivity contribution < 1.29 is 4.74 Å². The van der Waals surface area contributed by atoms with Crippen molar-refractivity contribution in [3.8, 4) is 0 Å². The van der Waals surface area contributed by atoms with E-state index in [0.29, 0.717) is 6.61 Å². The summed E-state index contributed by atoms with van der Waals surface area (Å²) in [5.74, 6) is 0. The Kier molecular flexibility index (Phi) is 13.0. The van der Waals surface area contributed by atoms with E-state index in [4.69, 9.17) is 4.74 Å². The number of benzene rings is 2. The van der Waals surface area contributed by atoms with Crippen LogP contribution in [-0.4, -0.2) is 19.1 Å². The van der Waals surface area contributed by atoms with Crippen molar-refractivity contribution in [2.45, 2.75) is 47.4 Å². The first-order valence-corrected chi connectivity index (χ1v) is 8.58. The molecule has 0 spiro atoms. The highest BCUT2D eigenvalue weighted by atomic mass is 16.5. The van der Waals surface area contributed by atoms with E-state index in [1.807, 2.05) is 58.0 Å². The lowest BCUT2D eigenvalue weighted by Crippen LogP contribution is -2.07. The normalized spacial score (nSPS) is 11.7. The van der Waals surface area contributed by atoms with Gasteiger partial charge in [-0.25, -0.2) is 0 Å². The van der Waals surface area contributed by atoms with E-state index < -0.39 is 0 Å². The lowest BCUT2D eigenvalue weighted by atomic mass is 10.1. The van der Waals surface area contributed by atoms with Crippen LogP contribution < -0.4 is 0 Å². The van der Waals surface area contributed by atoms with Gasteiger partial charge in [0.2, 0.25) is 0 Å². The predicted molar refractivity (Wildman–Crippen MR) is 101 cm³/mol. The van der Waals surface area contributed by atoms with Gasteiger partial charge in [0.1, 0.15) is 0 Å². The number of nitrogens with zero attached hydrogens (tertiary/aromatic N) is 1. The van der Waals surface area contributed by atoms with Crippen LogP contribution >= 0.6 is 0 Å². The number of hydrogen-bond acceptors (Lipinski definition) is 2. The third kappa shape index (κ3) is 8.53. The van der Waals surface area contributed by atoms with Gasteiger partial charge in [-0.1, -0.05) is 82.3 Å². The predicted octanol–water partition coefficient (Wildman–Crippen LogP) is 5.52. The highest BCUT2D eigenvalue weighted by molar-refractivity contribution is 5.29. The highest BCUT2D eigenvalue weighted by Crippen LogP contribution is 2.19. The number of rotatable bonds is 2. The minimum atomic E-state index is 0.709. The van der Waals surface area contributed by atoms with E-state index in [9.17, 15) is 0 Å². The maximum Gasteiger partial charge on any atom is 0.0713 e. The Morgan fingerprint density at radius 3 is 1.65 bits per heavy atom. The maximum absolute atomic E-state index is 4.93. The Hall–Kier alpha value is -1.64. The van der Waals surface area contributed by atoms with E-state index in [0.717, 1.165) is 13.1 Å². The SMILES string of the molecule is CC.CC.CN1Cc2ccccc2C1.COCc1ccccc1. The third-order valence-corrected chi connectivity index (χ3v) is 3.15. The van der Waals surface area contributed by atoms with Gasteiger partial charge in [-0.2, -0.15) is 0 Å². The molecule has 0 unspecified atom stereocenters. The molecule has 23 heavy (non-hydrogen) atoms.